The van der Waals surface area contributed by atoms with Crippen LogP contribution in [0.5, 0.6) is 0 Å². The predicted molar refractivity (Wildman–Crippen MR) is 102 cm³/mol. The number of aliphatic hydroxyl groups is 1. The largest absolute Gasteiger partial charge is 0.394 e. The molecule has 1 saturated heterocycles. The first-order valence-electron chi connectivity index (χ1n) is 8.71. The molecule has 0 radical (unpaired) electrons. The summed E-state index contributed by atoms with van der Waals surface area (Å²) in [7, 11) is 0. The van der Waals surface area contributed by atoms with Gasteiger partial charge in [0.05, 0.1) is 12.6 Å². The summed E-state index contributed by atoms with van der Waals surface area (Å²) >= 11 is 1.21. The van der Waals surface area contributed by atoms with Gasteiger partial charge in [-0.05, 0) is 31.9 Å². The fourth-order valence-electron chi connectivity index (χ4n) is 3.22. The molecule has 0 aliphatic carbocycles. The van der Waals surface area contributed by atoms with Crippen molar-refractivity contribution in [3.05, 3.63) is 41.1 Å². The molecule has 8 nitrogen and oxygen atoms in total. The number of nitrogens with one attached hydrogen (secondary N) is 2. The van der Waals surface area contributed by atoms with Crippen LogP contribution in [0, 0.1) is 6.92 Å². The van der Waals surface area contributed by atoms with Gasteiger partial charge in [0.15, 0.2) is 10.8 Å². The molecule has 3 heterocycles. The Bertz CT molecular complexity index is 994. The van der Waals surface area contributed by atoms with Gasteiger partial charge in [0, 0.05) is 12.1 Å². The van der Waals surface area contributed by atoms with Crippen LogP contribution in [0.4, 0.5) is 5.13 Å². The summed E-state index contributed by atoms with van der Waals surface area (Å²) < 4.78 is 0.600. The van der Waals surface area contributed by atoms with Gasteiger partial charge in [-0.2, -0.15) is 10.1 Å². The third kappa shape index (κ3) is 3.31. The number of thiazole rings is 1. The van der Waals surface area contributed by atoms with E-state index >= 15 is 0 Å². The fourth-order valence-corrected chi connectivity index (χ4v) is 4.11. The number of aliphatic hydroxyl groups excluding tert-OH is 1. The molecular formula is C18H19N5O3S. The molecule has 2 amide bonds. The molecule has 1 atom stereocenters. The van der Waals surface area contributed by atoms with E-state index in [0.717, 1.165) is 18.4 Å². The Morgan fingerprint density at radius 3 is 2.89 bits per heavy atom. The molecule has 0 bridgehead atoms. The number of H-pyrrole nitrogens is 1. The molecule has 0 saturated carbocycles. The van der Waals surface area contributed by atoms with Gasteiger partial charge in [0.25, 0.3) is 11.8 Å². The first-order chi connectivity index (χ1) is 13.1. The summed E-state index contributed by atoms with van der Waals surface area (Å²) in [5, 5.41) is 19.4. The van der Waals surface area contributed by atoms with Crippen LogP contribution in [0.2, 0.25) is 0 Å². The highest BCUT2D eigenvalue weighted by molar-refractivity contribution is 7.22. The molecule has 0 unspecified atom stereocenters. The molecule has 3 N–H and O–H groups in total. The van der Waals surface area contributed by atoms with Crippen molar-refractivity contribution < 1.29 is 14.7 Å². The van der Waals surface area contributed by atoms with E-state index in [1.807, 2.05) is 19.1 Å². The Morgan fingerprint density at radius 1 is 1.37 bits per heavy atom. The molecule has 1 aliphatic heterocycles. The highest BCUT2D eigenvalue weighted by atomic mass is 32.1. The molecule has 0 spiro atoms. The smallest absolute Gasteiger partial charge is 0.273 e. The van der Waals surface area contributed by atoms with Crippen LogP contribution in [-0.4, -0.2) is 56.2 Å². The number of aryl methyl sites for hydroxylation is 1. The first kappa shape index (κ1) is 17.6. The number of benzene rings is 1. The maximum Gasteiger partial charge on any atom is 0.273 e. The summed E-state index contributed by atoms with van der Waals surface area (Å²) in [6.45, 7) is 2.52. The maximum atomic E-state index is 12.8. The molecule has 1 fully saturated rings. The summed E-state index contributed by atoms with van der Waals surface area (Å²) in [4.78, 5) is 31.1. The highest BCUT2D eigenvalue weighted by Gasteiger charge is 2.31. The SMILES string of the molecule is Cc1ccc(C(=O)Nc2nc3n[nH]c(C(=O)N4CCC[C@H]4CO)c3s2)cc1. The highest BCUT2D eigenvalue weighted by Crippen LogP contribution is 2.30. The van der Waals surface area contributed by atoms with Crippen molar-refractivity contribution in [2.75, 3.05) is 18.5 Å². The van der Waals surface area contributed by atoms with Gasteiger partial charge in [0.1, 0.15) is 10.4 Å². The first-order valence-corrected chi connectivity index (χ1v) is 9.53. The standard InChI is InChI=1S/C18H19N5O3S/c1-10-4-6-11(7-5-10)16(25)20-18-19-15-14(27-18)13(21-22-15)17(26)23-8-2-3-12(23)9-24/h4-7,12,24H,2-3,8-9H2,1H3,(H2,19,20,21,22,25)/t12-/m0/s1. The molecule has 9 heteroatoms. The lowest BCUT2D eigenvalue weighted by atomic mass is 10.1. The zero-order valence-corrected chi connectivity index (χ0v) is 15.5. The number of carbonyl (C=O) groups is 2. The number of likely N-dealkylation sites (tertiary alicyclic amines) is 1. The van der Waals surface area contributed by atoms with Gasteiger partial charge in [0.2, 0.25) is 0 Å². The molecule has 140 valence electrons. The molecule has 3 aromatic rings. The number of aromatic amines is 1. The lowest BCUT2D eigenvalue weighted by Crippen LogP contribution is -2.37. The molecule has 4 rings (SSSR count). The van der Waals surface area contributed by atoms with Crippen molar-refractivity contribution in [3.63, 3.8) is 0 Å². The second kappa shape index (κ2) is 7.09. The molecular weight excluding hydrogens is 366 g/mol. The Labute approximate surface area is 159 Å². The minimum atomic E-state index is -0.261. The van der Waals surface area contributed by atoms with Gasteiger partial charge in [-0.3, -0.25) is 20.0 Å². The zero-order valence-electron chi connectivity index (χ0n) is 14.7. The van der Waals surface area contributed by atoms with Crippen molar-refractivity contribution in [1.29, 1.82) is 0 Å². The van der Waals surface area contributed by atoms with Gasteiger partial charge >= 0.3 is 0 Å². The Morgan fingerprint density at radius 2 is 2.15 bits per heavy atom. The number of hydrogen-bond acceptors (Lipinski definition) is 6. The van der Waals surface area contributed by atoms with Crippen LogP contribution in [0.3, 0.4) is 0 Å². The van der Waals surface area contributed by atoms with Gasteiger partial charge < -0.3 is 10.0 Å². The number of aromatic nitrogens is 3. The van der Waals surface area contributed by atoms with E-state index in [1.165, 1.54) is 11.3 Å². The van der Waals surface area contributed by atoms with Crippen LogP contribution in [0.25, 0.3) is 10.3 Å². The van der Waals surface area contributed by atoms with Crippen LogP contribution < -0.4 is 5.32 Å². The quantitative estimate of drug-likeness (QED) is 0.637. The number of hydrogen-bond donors (Lipinski definition) is 3. The minimum Gasteiger partial charge on any atom is -0.394 e. The average Bonchev–Trinajstić information content (AvgIpc) is 3.36. The monoisotopic (exact) mass is 385 g/mol. The lowest BCUT2D eigenvalue weighted by Gasteiger charge is -2.22. The van der Waals surface area contributed by atoms with Crippen LogP contribution in [0.1, 0.15) is 39.3 Å². The van der Waals surface area contributed by atoms with Crippen molar-refractivity contribution in [2.45, 2.75) is 25.8 Å². The van der Waals surface area contributed by atoms with Gasteiger partial charge in [-0.15, -0.1) is 0 Å². The zero-order chi connectivity index (χ0) is 19.0. The topological polar surface area (TPSA) is 111 Å². The van der Waals surface area contributed by atoms with Gasteiger partial charge in [-0.25, -0.2) is 0 Å². The van der Waals surface area contributed by atoms with E-state index in [1.54, 1.807) is 17.0 Å². The predicted octanol–water partition coefficient (Wildman–Crippen LogP) is 2.18. The summed E-state index contributed by atoms with van der Waals surface area (Å²) in [5.41, 5.74) is 2.35. The maximum absolute atomic E-state index is 12.8. The van der Waals surface area contributed by atoms with Crippen molar-refractivity contribution >= 4 is 38.6 Å². The van der Waals surface area contributed by atoms with Crippen molar-refractivity contribution in [1.82, 2.24) is 20.1 Å². The molecule has 1 aromatic carbocycles. The van der Waals surface area contributed by atoms with E-state index in [2.05, 4.69) is 20.5 Å². The van der Waals surface area contributed by atoms with E-state index in [0.29, 0.717) is 33.3 Å². The molecule has 1 aliphatic rings. The number of nitrogens with zero attached hydrogens (tertiary/aromatic N) is 3. The van der Waals surface area contributed by atoms with Crippen LogP contribution in [0.15, 0.2) is 24.3 Å². The summed E-state index contributed by atoms with van der Waals surface area (Å²) in [5.74, 6) is -0.461. The van der Waals surface area contributed by atoms with E-state index in [4.69, 9.17) is 0 Å². The lowest BCUT2D eigenvalue weighted by molar-refractivity contribution is 0.0673. The second-order valence-electron chi connectivity index (χ2n) is 6.57. The summed E-state index contributed by atoms with van der Waals surface area (Å²) in [6, 6.07) is 7.08. The molecule has 27 heavy (non-hydrogen) atoms. The Kier molecular flexibility index (Phi) is 4.63. The molecule has 2 aromatic heterocycles. The normalized spacial score (nSPS) is 16.8. The third-order valence-corrected chi connectivity index (χ3v) is 5.68. The van der Waals surface area contributed by atoms with Crippen LogP contribution in [-0.2, 0) is 0 Å². The number of anilines is 1. The van der Waals surface area contributed by atoms with Crippen LogP contribution >= 0.6 is 11.3 Å². The average molecular weight is 385 g/mol. The van der Waals surface area contributed by atoms with Gasteiger partial charge in [-0.1, -0.05) is 29.0 Å². The van der Waals surface area contributed by atoms with E-state index in [9.17, 15) is 14.7 Å². The Balaban J connectivity index is 1.56. The fraction of sp³-hybridized carbons (Fsp3) is 0.333. The van der Waals surface area contributed by atoms with E-state index in [-0.39, 0.29) is 24.5 Å². The van der Waals surface area contributed by atoms with E-state index < -0.39 is 0 Å². The third-order valence-electron chi connectivity index (χ3n) is 4.71. The summed E-state index contributed by atoms with van der Waals surface area (Å²) in [6.07, 6.45) is 1.66. The van der Waals surface area contributed by atoms with Crippen molar-refractivity contribution in [2.24, 2.45) is 0 Å². The minimum absolute atomic E-state index is 0.0520. The number of carbonyl (C=O) groups excluding carboxylic acids is 2. The number of fused-ring (bicyclic) bond motifs is 1. The number of rotatable bonds is 4. The number of amides is 2. The van der Waals surface area contributed by atoms with Crippen molar-refractivity contribution in [3.8, 4) is 0 Å². The Hall–Kier alpha value is -2.78. The second-order valence-corrected chi connectivity index (χ2v) is 7.57.